The van der Waals surface area contributed by atoms with Gasteiger partial charge in [0.25, 0.3) is 0 Å². The molecule has 1 aromatic carbocycles. The molecule has 0 atom stereocenters. The van der Waals surface area contributed by atoms with Gasteiger partial charge in [0.05, 0.1) is 6.61 Å². The van der Waals surface area contributed by atoms with Crippen LogP contribution in [0, 0.1) is 6.92 Å². The van der Waals surface area contributed by atoms with E-state index in [4.69, 9.17) is 9.15 Å². The van der Waals surface area contributed by atoms with Crippen molar-refractivity contribution in [3.63, 3.8) is 0 Å². The number of hydrogen-bond acceptors (Lipinski definition) is 3. The maximum atomic E-state index is 11.5. The van der Waals surface area contributed by atoms with Crippen LogP contribution in [0.1, 0.15) is 89.5 Å². The second-order valence-corrected chi connectivity index (χ2v) is 7.64. The van der Waals surface area contributed by atoms with Crippen molar-refractivity contribution in [3.8, 4) is 5.75 Å². The Labute approximate surface area is 164 Å². The summed E-state index contributed by atoms with van der Waals surface area (Å²) in [6.45, 7) is 4.91. The number of rotatable bonds is 14. The van der Waals surface area contributed by atoms with E-state index in [1.54, 1.807) is 0 Å². The topological polar surface area (TPSA) is 39.4 Å². The molecular weight excluding hydrogens is 336 g/mol. The summed E-state index contributed by atoms with van der Waals surface area (Å²) in [5.41, 5.74) is 1.24. The average molecular weight is 373 g/mol. The third-order valence-electron chi connectivity index (χ3n) is 5.19. The van der Waals surface area contributed by atoms with E-state index in [0.29, 0.717) is 5.58 Å². The number of fused-ring (bicyclic) bond motifs is 1. The zero-order valence-corrected chi connectivity index (χ0v) is 17.2. The Balaban J connectivity index is 1.52. The number of benzene rings is 1. The molecule has 0 N–H and O–H groups in total. The van der Waals surface area contributed by atoms with Crippen molar-refractivity contribution in [3.05, 3.63) is 40.2 Å². The van der Waals surface area contributed by atoms with Gasteiger partial charge in [0.15, 0.2) is 0 Å². The Hall–Kier alpha value is -1.77. The zero-order chi connectivity index (χ0) is 19.3. The Morgan fingerprint density at radius 2 is 1.41 bits per heavy atom. The van der Waals surface area contributed by atoms with Crippen LogP contribution in [0.4, 0.5) is 0 Å². The van der Waals surface area contributed by atoms with Crippen LogP contribution in [0.2, 0.25) is 0 Å². The molecule has 0 aliphatic heterocycles. The first-order chi connectivity index (χ1) is 13.2. The first-order valence-electron chi connectivity index (χ1n) is 10.9. The van der Waals surface area contributed by atoms with E-state index < -0.39 is 0 Å². The average Bonchev–Trinajstić information content (AvgIpc) is 2.65. The van der Waals surface area contributed by atoms with Gasteiger partial charge in [-0.25, -0.2) is 4.79 Å². The third kappa shape index (κ3) is 8.19. The fourth-order valence-corrected chi connectivity index (χ4v) is 3.53. The van der Waals surface area contributed by atoms with E-state index in [1.165, 1.54) is 76.7 Å². The molecule has 0 bridgehead atoms. The smallest absolute Gasteiger partial charge is 0.336 e. The molecule has 0 aliphatic carbocycles. The van der Waals surface area contributed by atoms with Gasteiger partial charge in [-0.3, -0.25) is 0 Å². The van der Waals surface area contributed by atoms with Crippen LogP contribution in [0.3, 0.4) is 0 Å². The zero-order valence-electron chi connectivity index (χ0n) is 17.2. The molecular formula is C24H36O3. The second-order valence-electron chi connectivity index (χ2n) is 7.64. The fraction of sp³-hybridized carbons (Fsp3) is 0.625. The molecule has 27 heavy (non-hydrogen) atoms. The van der Waals surface area contributed by atoms with Gasteiger partial charge in [0.1, 0.15) is 11.3 Å². The highest BCUT2D eigenvalue weighted by Crippen LogP contribution is 2.22. The first-order valence-corrected chi connectivity index (χ1v) is 10.9. The molecule has 2 aromatic rings. The van der Waals surface area contributed by atoms with Gasteiger partial charge in [-0.2, -0.15) is 0 Å². The Morgan fingerprint density at radius 1 is 0.815 bits per heavy atom. The lowest BCUT2D eigenvalue weighted by molar-refractivity contribution is 0.304. The van der Waals surface area contributed by atoms with E-state index in [9.17, 15) is 4.79 Å². The fourth-order valence-electron chi connectivity index (χ4n) is 3.53. The molecule has 2 rings (SSSR count). The number of hydrogen-bond donors (Lipinski definition) is 0. The number of aryl methyl sites for hydroxylation is 1. The van der Waals surface area contributed by atoms with Crippen LogP contribution >= 0.6 is 0 Å². The minimum absolute atomic E-state index is 0.307. The van der Waals surface area contributed by atoms with Crippen molar-refractivity contribution < 1.29 is 9.15 Å². The van der Waals surface area contributed by atoms with Crippen LogP contribution in [0.15, 0.2) is 33.5 Å². The summed E-state index contributed by atoms with van der Waals surface area (Å²) in [6, 6.07) is 7.26. The summed E-state index contributed by atoms with van der Waals surface area (Å²) in [4.78, 5) is 11.5. The minimum Gasteiger partial charge on any atom is -0.493 e. The molecule has 0 saturated heterocycles. The number of unbranched alkanes of at least 4 members (excludes halogenated alkanes) is 11. The van der Waals surface area contributed by atoms with Gasteiger partial charge in [0.2, 0.25) is 0 Å². The predicted octanol–water partition coefficient (Wildman–Crippen LogP) is 7.18. The van der Waals surface area contributed by atoms with Crippen LogP contribution in [-0.4, -0.2) is 6.61 Å². The molecule has 0 amide bonds. The van der Waals surface area contributed by atoms with E-state index >= 15 is 0 Å². The van der Waals surface area contributed by atoms with Gasteiger partial charge in [-0.1, -0.05) is 77.6 Å². The van der Waals surface area contributed by atoms with Crippen molar-refractivity contribution in [1.29, 1.82) is 0 Å². The molecule has 0 saturated carbocycles. The number of ether oxygens (including phenoxy) is 1. The summed E-state index contributed by atoms with van der Waals surface area (Å²) >= 11 is 0. The van der Waals surface area contributed by atoms with E-state index in [0.717, 1.165) is 29.7 Å². The van der Waals surface area contributed by atoms with Crippen molar-refractivity contribution in [2.45, 2.75) is 90.9 Å². The van der Waals surface area contributed by atoms with Crippen molar-refractivity contribution in [1.82, 2.24) is 0 Å². The van der Waals surface area contributed by atoms with Gasteiger partial charge in [0, 0.05) is 17.5 Å². The molecule has 0 fully saturated rings. The molecule has 0 radical (unpaired) electrons. The molecule has 3 heteroatoms. The van der Waals surface area contributed by atoms with Crippen molar-refractivity contribution >= 4 is 11.0 Å². The third-order valence-corrected chi connectivity index (χ3v) is 5.19. The largest absolute Gasteiger partial charge is 0.493 e. The molecule has 1 aromatic heterocycles. The highest BCUT2D eigenvalue weighted by atomic mass is 16.5. The first kappa shape index (κ1) is 21.5. The summed E-state index contributed by atoms with van der Waals surface area (Å²) in [6.07, 6.45) is 16.1. The van der Waals surface area contributed by atoms with E-state index in [2.05, 4.69) is 6.92 Å². The minimum atomic E-state index is -0.307. The molecule has 150 valence electrons. The van der Waals surface area contributed by atoms with Crippen molar-refractivity contribution in [2.75, 3.05) is 6.61 Å². The molecule has 3 nitrogen and oxygen atoms in total. The van der Waals surface area contributed by atoms with Crippen LogP contribution in [-0.2, 0) is 0 Å². The monoisotopic (exact) mass is 372 g/mol. The lowest BCUT2D eigenvalue weighted by atomic mass is 10.1. The van der Waals surface area contributed by atoms with Gasteiger partial charge >= 0.3 is 5.63 Å². The Morgan fingerprint density at radius 3 is 2.04 bits per heavy atom. The lowest BCUT2D eigenvalue weighted by Gasteiger charge is -2.08. The van der Waals surface area contributed by atoms with Gasteiger partial charge in [-0.05, 0) is 31.0 Å². The second kappa shape index (κ2) is 12.6. The summed E-state index contributed by atoms with van der Waals surface area (Å²) in [5, 5.41) is 0.965. The van der Waals surface area contributed by atoms with Gasteiger partial charge in [-0.15, -0.1) is 0 Å². The Kier molecular flexibility index (Phi) is 10.0. The van der Waals surface area contributed by atoms with Crippen LogP contribution in [0.25, 0.3) is 11.0 Å². The lowest BCUT2D eigenvalue weighted by Crippen LogP contribution is -2.00. The summed E-state index contributed by atoms with van der Waals surface area (Å²) in [7, 11) is 0. The molecule has 0 aliphatic rings. The van der Waals surface area contributed by atoms with Gasteiger partial charge < -0.3 is 9.15 Å². The van der Waals surface area contributed by atoms with E-state index in [-0.39, 0.29) is 5.63 Å². The van der Waals surface area contributed by atoms with Crippen LogP contribution < -0.4 is 10.4 Å². The highest BCUT2D eigenvalue weighted by Gasteiger charge is 2.04. The molecule has 0 spiro atoms. The highest BCUT2D eigenvalue weighted by molar-refractivity contribution is 5.81. The maximum Gasteiger partial charge on any atom is 0.336 e. The Bertz CT molecular complexity index is 717. The van der Waals surface area contributed by atoms with Crippen molar-refractivity contribution in [2.24, 2.45) is 0 Å². The maximum absolute atomic E-state index is 11.5. The summed E-state index contributed by atoms with van der Waals surface area (Å²) < 4.78 is 11.1. The molecule has 0 unspecified atom stereocenters. The predicted molar refractivity (Wildman–Crippen MR) is 114 cm³/mol. The standard InChI is InChI=1S/C24H36O3/c1-3-4-5-6-7-8-9-10-11-12-13-14-17-26-21-15-16-22-20(2)18-24(25)27-23(22)19-21/h15-16,18-19H,3-14,17H2,1-2H3. The SMILES string of the molecule is CCCCCCCCCCCCCCOc1ccc2c(C)cc(=O)oc2c1. The van der Waals surface area contributed by atoms with E-state index in [1.807, 2.05) is 25.1 Å². The normalized spacial score (nSPS) is 11.2. The molecule has 1 heterocycles. The summed E-state index contributed by atoms with van der Waals surface area (Å²) in [5.74, 6) is 0.777. The van der Waals surface area contributed by atoms with Crippen LogP contribution in [0.5, 0.6) is 5.75 Å². The quantitative estimate of drug-likeness (QED) is 0.260.